The number of nitrogens with one attached hydrogen (secondary N) is 1. The van der Waals surface area contributed by atoms with Crippen molar-refractivity contribution in [2.45, 2.75) is 30.3 Å². The van der Waals surface area contributed by atoms with Crippen LogP contribution in [0.5, 0.6) is 0 Å². The summed E-state index contributed by atoms with van der Waals surface area (Å²) in [5.41, 5.74) is 0. The maximum absolute atomic E-state index is 5.05. The predicted molar refractivity (Wildman–Crippen MR) is 73.1 cm³/mol. The van der Waals surface area contributed by atoms with Crippen molar-refractivity contribution in [3.63, 3.8) is 0 Å². The highest BCUT2D eigenvalue weighted by molar-refractivity contribution is 7.99. The third-order valence-corrected chi connectivity index (χ3v) is 4.36. The topological polar surface area (TPSA) is 52.0 Å². The number of methoxy groups -OCH3 is 1. The first kappa shape index (κ1) is 13.8. The van der Waals surface area contributed by atoms with Gasteiger partial charge in [0.15, 0.2) is 5.16 Å². The number of nitrogens with zero attached hydrogens (tertiary/aromatic N) is 3. The normalized spacial score (nSPS) is 20.2. The number of hydrogen-bond donors (Lipinski definition) is 1. The molecule has 0 spiro atoms. The van der Waals surface area contributed by atoms with Crippen LogP contribution in [0, 0.1) is 0 Å². The Balaban J connectivity index is 1.90. The van der Waals surface area contributed by atoms with E-state index in [9.17, 15) is 0 Å². The van der Waals surface area contributed by atoms with Crippen molar-refractivity contribution in [2.75, 3.05) is 32.6 Å². The fraction of sp³-hybridized carbons (Fsp3) is 0.833. The number of thioether (sulfide) groups is 1. The standard InChI is InChI=1S/C12H22N4OS/c1-16-11(10-5-3-6-13-9-10)14-15-12(16)18-8-4-7-17-2/h10,13H,3-9H2,1-2H3. The van der Waals surface area contributed by atoms with Gasteiger partial charge in [0, 0.05) is 39.0 Å². The van der Waals surface area contributed by atoms with Crippen LogP contribution in [-0.2, 0) is 11.8 Å². The van der Waals surface area contributed by atoms with E-state index in [1.807, 2.05) is 0 Å². The largest absolute Gasteiger partial charge is 0.385 e. The first-order chi connectivity index (χ1) is 8.83. The molecule has 0 amide bonds. The third kappa shape index (κ3) is 3.46. The number of ether oxygens (including phenoxy) is 1. The van der Waals surface area contributed by atoms with E-state index in [1.165, 1.54) is 12.8 Å². The van der Waals surface area contributed by atoms with Crippen LogP contribution in [0.2, 0.25) is 0 Å². The fourth-order valence-electron chi connectivity index (χ4n) is 2.25. The number of aromatic nitrogens is 3. The number of hydrogen-bond acceptors (Lipinski definition) is 5. The molecule has 18 heavy (non-hydrogen) atoms. The maximum Gasteiger partial charge on any atom is 0.190 e. The second-order valence-corrected chi connectivity index (χ2v) is 5.70. The molecule has 1 saturated heterocycles. The molecular weight excluding hydrogens is 248 g/mol. The van der Waals surface area contributed by atoms with Gasteiger partial charge in [-0.3, -0.25) is 0 Å². The lowest BCUT2D eigenvalue weighted by Gasteiger charge is -2.21. The molecule has 102 valence electrons. The van der Waals surface area contributed by atoms with Gasteiger partial charge < -0.3 is 14.6 Å². The summed E-state index contributed by atoms with van der Waals surface area (Å²) < 4.78 is 7.19. The van der Waals surface area contributed by atoms with Gasteiger partial charge in [0.2, 0.25) is 0 Å². The minimum atomic E-state index is 0.518. The van der Waals surface area contributed by atoms with Crippen molar-refractivity contribution in [2.24, 2.45) is 7.05 Å². The van der Waals surface area contributed by atoms with Crippen molar-refractivity contribution in [1.29, 1.82) is 0 Å². The van der Waals surface area contributed by atoms with E-state index in [0.717, 1.165) is 42.9 Å². The van der Waals surface area contributed by atoms with Gasteiger partial charge in [0.05, 0.1) is 0 Å². The van der Waals surface area contributed by atoms with Gasteiger partial charge in [-0.25, -0.2) is 0 Å². The average Bonchev–Trinajstić information content (AvgIpc) is 2.77. The van der Waals surface area contributed by atoms with E-state index in [-0.39, 0.29) is 0 Å². The van der Waals surface area contributed by atoms with Crippen molar-refractivity contribution in [1.82, 2.24) is 20.1 Å². The molecule has 2 heterocycles. The molecule has 0 aromatic carbocycles. The summed E-state index contributed by atoms with van der Waals surface area (Å²) in [5, 5.41) is 13.1. The Hall–Kier alpha value is -0.590. The van der Waals surface area contributed by atoms with Crippen LogP contribution in [0.25, 0.3) is 0 Å². The highest BCUT2D eigenvalue weighted by atomic mass is 32.2. The van der Waals surface area contributed by atoms with Gasteiger partial charge in [-0.15, -0.1) is 10.2 Å². The molecule has 1 unspecified atom stereocenters. The molecular formula is C12H22N4OS. The number of piperidine rings is 1. The molecule has 1 atom stereocenters. The second-order valence-electron chi connectivity index (χ2n) is 4.64. The molecule has 1 fully saturated rings. The molecule has 5 nitrogen and oxygen atoms in total. The van der Waals surface area contributed by atoms with Gasteiger partial charge in [-0.1, -0.05) is 11.8 Å². The zero-order valence-electron chi connectivity index (χ0n) is 11.2. The summed E-state index contributed by atoms with van der Waals surface area (Å²) in [5.74, 6) is 2.67. The predicted octanol–water partition coefficient (Wildman–Crippen LogP) is 1.41. The molecule has 6 heteroatoms. The third-order valence-electron chi connectivity index (χ3n) is 3.25. The van der Waals surface area contributed by atoms with E-state index in [2.05, 4.69) is 27.1 Å². The Labute approximate surface area is 113 Å². The highest BCUT2D eigenvalue weighted by Crippen LogP contribution is 2.24. The van der Waals surface area contributed by atoms with E-state index in [1.54, 1.807) is 18.9 Å². The zero-order valence-corrected chi connectivity index (χ0v) is 12.0. The van der Waals surface area contributed by atoms with Crippen molar-refractivity contribution < 1.29 is 4.74 Å². The molecule has 1 aliphatic heterocycles. The lowest BCUT2D eigenvalue weighted by Crippen LogP contribution is -2.29. The summed E-state index contributed by atoms with van der Waals surface area (Å²) in [6.45, 7) is 2.97. The molecule has 2 rings (SSSR count). The van der Waals surface area contributed by atoms with Crippen LogP contribution in [-0.4, -0.2) is 47.3 Å². The van der Waals surface area contributed by atoms with Crippen LogP contribution < -0.4 is 5.32 Å². The Kier molecular flexibility index (Phi) is 5.46. The molecule has 0 radical (unpaired) electrons. The molecule has 0 saturated carbocycles. The minimum absolute atomic E-state index is 0.518. The summed E-state index contributed by atoms with van der Waals surface area (Å²) in [6.07, 6.45) is 3.50. The van der Waals surface area contributed by atoms with Crippen LogP contribution in [0.3, 0.4) is 0 Å². The van der Waals surface area contributed by atoms with Gasteiger partial charge in [-0.2, -0.15) is 0 Å². The summed E-state index contributed by atoms with van der Waals surface area (Å²) in [4.78, 5) is 0. The number of rotatable bonds is 6. The fourth-order valence-corrected chi connectivity index (χ4v) is 3.08. The minimum Gasteiger partial charge on any atom is -0.385 e. The van der Waals surface area contributed by atoms with Gasteiger partial charge >= 0.3 is 0 Å². The first-order valence-corrected chi connectivity index (χ1v) is 7.53. The molecule has 0 aliphatic carbocycles. The molecule has 0 bridgehead atoms. The van der Waals surface area contributed by atoms with E-state index in [0.29, 0.717) is 5.92 Å². The van der Waals surface area contributed by atoms with Crippen LogP contribution in [0.4, 0.5) is 0 Å². The first-order valence-electron chi connectivity index (χ1n) is 6.54. The van der Waals surface area contributed by atoms with E-state index >= 15 is 0 Å². The van der Waals surface area contributed by atoms with Gasteiger partial charge in [0.25, 0.3) is 0 Å². The monoisotopic (exact) mass is 270 g/mol. The van der Waals surface area contributed by atoms with Crippen molar-refractivity contribution in [3.8, 4) is 0 Å². The van der Waals surface area contributed by atoms with Gasteiger partial charge in [0.1, 0.15) is 5.82 Å². The van der Waals surface area contributed by atoms with Crippen LogP contribution in [0.15, 0.2) is 5.16 Å². The average molecular weight is 270 g/mol. The van der Waals surface area contributed by atoms with E-state index in [4.69, 9.17) is 4.74 Å². The molecule has 1 N–H and O–H groups in total. The summed E-state index contributed by atoms with van der Waals surface area (Å²) in [6, 6.07) is 0. The molecule has 1 aromatic heterocycles. The smallest absolute Gasteiger partial charge is 0.190 e. The van der Waals surface area contributed by atoms with Gasteiger partial charge in [-0.05, 0) is 25.8 Å². The Bertz CT molecular complexity index is 363. The highest BCUT2D eigenvalue weighted by Gasteiger charge is 2.21. The SMILES string of the molecule is COCCCSc1nnc(C2CCCNC2)n1C. The van der Waals surface area contributed by atoms with E-state index < -0.39 is 0 Å². The zero-order chi connectivity index (χ0) is 12.8. The van der Waals surface area contributed by atoms with Crippen molar-refractivity contribution >= 4 is 11.8 Å². The lowest BCUT2D eigenvalue weighted by atomic mass is 9.99. The maximum atomic E-state index is 5.05. The van der Waals surface area contributed by atoms with Crippen molar-refractivity contribution in [3.05, 3.63) is 5.82 Å². The second kappa shape index (κ2) is 7.11. The molecule has 1 aromatic rings. The summed E-state index contributed by atoms with van der Waals surface area (Å²) in [7, 11) is 3.81. The van der Waals surface area contributed by atoms with Crippen LogP contribution >= 0.6 is 11.8 Å². The summed E-state index contributed by atoms with van der Waals surface area (Å²) >= 11 is 1.76. The Morgan fingerprint density at radius 2 is 2.39 bits per heavy atom. The Morgan fingerprint density at radius 3 is 3.11 bits per heavy atom. The van der Waals surface area contributed by atoms with Crippen LogP contribution in [0.1, 0.15) is 31.0 Å². The Morgan fingerprint density at radius 1 is 1.50 bits per heavy atom. The lowest BCUT2D eigenvalue weighted by molar-refractivity contribution is 0.200. The quantitative estimate of drug-likeness (QED) is 0.626. The molecule has 1 aliphatic rings.